The molecule has 1 aliphatic rings. The maximum atomic E-state index is 12.1. The van der Waals surface area contributed by atoms with E-state index in [1.54, 1.807) is 12.3 Å². The first-order chi connectivity index (χ1) is 12.9. The Labute approximate surface area is 156 Å². The van der Waals surface area contributed by atoms with E-state index in [1.165, 1.54) is 10.7 Å². The molecule has 0 amide bonds. The van der Waals surface area contributed by atoms with E-state index in [1.807, 2.05) is 45.0 Å². The summed E-state index contributed by atoms with van der Waals surface area (Å²) in [6, 6.07) is 11.1. The number of ether oxygens (including phenoxy) is 2. The van der Waals surface area contributed by atoms with E-state index in [0.717, 1.165) is 39.7 Å². The molecule has 0 radical (unpaired) electrons. The molecule has 27 heavy (non-hydrogen) atoms. The molecule has 0 unspecified atom stereocenters. The molecule has 0 atom stereocenters. The summed E-state index contributed by atoms with van der Waals surface area (Å²) < 4.78 is 14.1. The van der Waals surface area contributed by atoms with E-state index in [2.05, 4.69) is 9.67 Å². The SMILES string of the molecule is Cc1cc(N)n(/N=C\c2cc(C)n(-c3ccc4c(c3)OCO4)c2C)c(=O)c1. The lowest BCUT2D eigenvalue weighted by Crippen LogP contribution is -2.19. The van der Waals surface area contributed by atoms with Gasteiger partial charge in [0, 0.05) is 34.8 Å². The van der Waals surface area contributed by atoms with Crippen LogP contribution in [0, 0.1) is 20.8 Å². The molecule has 2 N–H and O–H groups in total. The van der Waals surface area contributed by atoms with E-state index < -0.39 is 0 Å². The summed E-state index contributed by atoms with van der Waals surface area (Å²) in [4.78, 5) is 12.1. The Morgan fingerprint density at radius 2 is 1.85 bits per heavy atom. The molecule has 7 heteroatoms. The Hall–Kier alpha value is -3.48. The standard InChI is InChI=1S/C20H20N4O3/c1-12-6-19(21)24(20(25)7-12)22-10-15-8-13(2)23(14(15)3)16-4-5-17-18(9-16)27-11-26-17/h4-10H,11,21H2,1-3H3/b22-10-. The minimum Gasteiger partial charge on any atom is -0.454 e. The van der Waals surface area contributed by atoms with Gasteiger partial charge in [-0.2, -0.15) is 9.78 Å². The molecule has 0 saturated heterocycles. The molecule has 2 aromatic heterocycles. The number of nitrogens with two attached hydrogens (primary N) is 1. The van der Waals surface area contributed by atoms with Crippen LogP contribution in [0.25, 0.3) is 5.69 Å². The normalized spacial score (nSPS) is 12.9. The molecule has 7 nitrogen and oxygen atoms in total. The lowest BCUT2D eigenvalue weighted by molar-refractivity contribution is 0.174. The first kappa shape index (κ1) is 17.0. The van der Waals surface area contributed by atoms with Crippen LogP contribution in [0.2, 0.25) is 0 Å². The van der Waals surface area contributed by atoms with Crippen LogP contribution in [0.15, 0.2) is 46.3 Å². The summed E-state index contributed by atoms with van der Waals surface area (Å²) in [7, 11) is 0. The van der Waals surface area contributed by atoms with Crippen molar-refractivity contribution >= 4 is 12.0 Å². The van der Waals surface area contributed by atoms with E-state index >= 15 is 0 Å². The Kier molecular flexibility index (Phi) is 3.99. The zero-order valence-electron chi connectivity index (χ0n) is 15.4. The van der Waals surface area contributed by atoms with Gasteiger partial charge in [0.05, 0.1) is 6.21 Å². The van der Waals surface area contributed by atoms with Crippen LogP contribution < -0.4 is 20.8 Å². The number of benzene rings is 1. The summed E-state index contributed by atoms with van der Waals surface area (Å²) in [5.74, 6) is 1.78. The van der Waals surface area contributed by atoms with Crippen LogP contribution in [-0.2, 0) is 0 Å². The molecule has 1 aromatic carbocycles. The number of rotatable bonds is 3. The van der Waals surface area contributed by atoms with Gasteiger partial charge in [-0.15, -0.1) is 0 Å². The fourth-order valence-electron chi connectivity index (χ4n) is 3.30. The topological polar surface area (TPSA) is 83.8 Å². The van der Waals surface area contributed by atoms with Crippen molar-refractivity contribution < 1.29 is 9.47 Å². The average Bonchev–Trinajstić information content (AvgIpc) is 3.17. The van der Waals surface area contributed by atoms with Crippen LogP contribution in [0.3, 0.4) is 0 Å². The predicted octanol–water partition coefficient (Wildman–Crippen LogP) is 2.76. The number of hydrogen-bond donors (Lipinski definition) is 1. The van der Waals surface area contributed by atoms with Crippen LogP contribution in [-0.4, -0.2) is 22.3 Å². The number of fused-ring (bicyclic) bond motifs is 1. The van der Waals surface area contributed by atoms with E-state index in [0.29, 0.717) is 5.82 Å². The first-order valence-corrected chi connectivity index (χ1v) is 8.56. The van der Waals surface area contributed by atoms with E-state index in [9.17, 15) is 4.79 Å². The third-order valence-corrected chi connectivity index (χ3v) is 4.58. The van der Waals surface area contributed by atoms with Crippen molar-refractivity contribution in [3.8, 4) is 17.2 Å². The van der Waals surface area contributed by atoms with Crippen LogP contribution >= 0.6 is 0 Å². The second kappa shape index (κ2) is 6.35. The third kappa shape index (κ3) is 2.97. The molecular formula is C20H20N4O3. The quantitative estimate of drug-likeness (QED) is 0.725. The van der Waals surface area contributed by atoms with Gasteiger partial charge in [0.25, 0.3) is 5.56 Å². The van der Waals surface area contributed by atoms with Gasteiger partial charge in [-0.1, -0.05) is 0 Å². The molecule has 1 aliphatic heterocycles. The summed E-state index contributed by atoms with van der Waals surface area (Å²) >= 11 is 0. The smallest absolute Gasteiger partial charge is 0.273 e. The Balaban J connectivity index is 1.73. The highest BCUT2D eigenvalue weighted by Crippen LogP contribution is 2.34. The molecule has 0 spiro atoms. The summed E-state index contributed by atoms with van der Waals surface area (Å²) in [6.45, 7) is 6.08. The van der Waals surface area contributed by atoms with E-state index in [-0.39, 0.29) is 12.4 Å². The number of aromatic nitrogens is 2. The van der Waals surface area contributed by atoms with Gasteiger partial charge >= 0.3 is 0 Å². The van der Waals surface area contributed by atoms with Gasteiger partial charge in [0.1, 0.15) is 5.82 Å². The Bertz CT molecular complexity index is 1120. The zero-order chi connectivity index (χ0) is 19.1. The number of nitrogens with zero attached hydrogens (tertiary/aromatic N) is 3. The number of anilines is 1. The van der Waals surface area contributed by atoms with Crippen LogP contribution in [0.4, 0.5) is 5.82 Å². The van der Waals surface area contributed by atoms with Gasteiger partial charge in [0.15, 0.2) is 11.5 Å². The van der Waals surface area contributed by atoms with Crippen molar-refractivity contribution in [3.63, 3.8) is 0 Å². The Morgan fingerprint density at radius 3 is 2.63 bits per heavy atom. The minimum atomic E-state index is -0.256. The first-order valence-electron chi connectivity index (χ1n) is 8.56. The summed E-state index contributed by atoms with van der Waals surface area (Å²) in [5.41, 5.74) is 10.4. The minimum absolute atomic E-state index is 0.243. The number of aryl methyl sites for hydroxylation is 2. The largest absolute Gasteiger partial charge is 0.454 e. The van der Waals surface area contributed by atoms with Crippen molar-refractivity contribution in [3.05, 3.63) is 69.3 Å². The van der Waals surface area contributed by atoms with Gasteiger partial charge in [0.2, 0.25) is 6.79 Å². The van der Waals surface area contributed by atoms with Crippen molar-refractivity contribution in [1.82, 2.24) is 9.24 Å². The van der Waals surface area contributed by atoms with Gasteiger partial charge in [-0.3, -0.25) is 4.79 Å². The fourth-order valence-corrected chi connectivity index (χ4v) is 3.30. The second-order valence-corrected chi connectivity index (χ2v) is 6.55. The highest BCUT2D eigenvalue weighted by Gasteiger charge is 2.16. The summed E-state index contributed by atoms with van der Waals surface area (Å²) in [5, 5.41) is 4.28. The number of pyridine rings is 1. The Morgan fingerprint density at radius 1 is 1.07 bits per heavy atom. The molecule has 3 heterocycles. The average molecular weight is 364 g/mol. The van der Waals surface area contributed by atoms with Crippen molar-refractivity contribution in [2.45, 2.75) is 20.8 Å². The fraction of sp³-hybridized carbons (Fsp3) is 0.200. The van der Waals surface area contributed by atoms with Crippen LogP contribution in [0.5, 0.6) is 11.5 Å². The van der Waals surface area contributed by atoms with Crippen molar-refractivity contribution in [2.24, 2.45) is 5.10 Å². The third-order valence-electron chi connectivity index (χ3n) is 4.58. The van der Waals surface area contributed by atoms with Crippen molar-refractivity contribution in [1.29, 1.82) is 0 Å². The van der Waals surface area contributed by atoms with Gasteiger partial charge in [-0.25, -0.2) is 0 Å². The molecule has 138 valence electrons. The number of hydrogen-bond acceptors (Lipinski definition) is 5. The molecular weight excluding hydrogens is 344 g/mol. The summed E-state index contributed by atoms with van der Waals surface area (Å²) in [6.07, 6.45) is 1.65. The molecule has 3 aromatic rings. The molecule has 0 aliphatic carbocycles. The monoisotopic (exact) mass is 364 g/mol. The highest BCUT2D eigenvalue weighted by molar-refractivity contribution is 5.82. The highest BCUT2D eigenvalue weighted by atomic mass is 16.7. The van der Waals surface area contributed by atoms with Gasteiger partial charge < -0.3 is 19.8 Å². The lowest BCUT2D eigenvalue weighted by atomic mass is 10.2. The molecule has 0 fully saturated rings. The zero-order valence-corrected chi connectivity index (χ0v) is 15.4. The molecule has 4 rings (SSSR count). The van der Waals surface area contributed by atoms with E-state index in [4.69, 9.17) is 15.2 Å². The van der Waals surface area contributed by atoms with Crippen LogP contribution in [0.1, 0.15) is 22.5 Å². The number of nitrogen functional groups attached to an aromatic ring is 1. The second-order valence-electron chi connectivity index (χ2n) is 6.55. The van der Waals surface area contributed by atoms with Crippen molar-refractivity contribution in [2.75, 3.05) is 12.5 Å². The maximum Gasteiger partial charge on any atom is 0.273 e. The predicted molar refractivity (Wildman–Crippen MR) is 104 cm³/mol. The van der Waals surface area contributed by atoms with Gasteiger partial charge in [-0.05, 0) is 50.6 Å². The molecule has 0 bridgehead atoms. The molecule has 0 saturated carbocycles. The maximum absolute atomic E-state index is 12.1. The lowest BCUT2D eigenvalue weighted by Gasteiger charge is -2.10.